The number of carbonyl (C=O) groups excluding carboxylic acids is 1. The van der Waals surface area contributed by atoms with Crippen LogP contribution in [0.25, 0.3) is 0 Å². The zero-order valence-corrected chi connectivity index (χ0v) is 14.1. The Bertz CT molecular complexity index is 846. The summed E-state index contributed by atoms with van der Waals surface area (Å²) in [6.07, 6.45) is 0. The maximum Gasteiger partial charge on any atom is 0.274 e. The number of ether oxygens (including phenoxy) is 1. The van der Waals surface area contributed by atoms with Gasteiger partial charge >= 0.3 is 0 Å². The number of hydrogen-bond acceptors (Lipinski definition) is 4. The van der Waals surface area contributed by atoms with E-state index in [4.69, 9.17) is 4.74 Å². The number of pyridine rings is 1. The Morgan fingerprint density at radius 1 is 0.880 bits per heavy atom. The summed E-state index contributed by atoms with van der Waals surface area (Å²) in [6, 6.07) is 22.1. The summed E-state index contributed by atoms with van der Waals surface area (Å²) in [5.74, 6) is 1.96. The van der Waals surface area contributed by atoms with Crippen LogP contribution < -0.4 is 15.0 Å². The molecule has 2 aromatic carbocycles. The molecule has 0 bridgehead atoms. The van der Waals surface area contributed by atoms with Crippen molar-refractivity contribution < 1.29 is 9.53 Å². The van der Waals surface area contributed by atoms with Crippen molar-refractivity contribution in [3.63, 3.8) is 0 Å². The predicted molar refractivity (Wildman–Crippen MR) is 99.5 cm³/mol. The summed E-state index contributed by atoms with van der Waals surface area (Å²) in [5.41, 5.74) is 1.05. The first-order valence-corrected chi connectivity index (χ1v) is 7.90. The van der Waals surface area contributed by atoms with Crippen LogP contribution in [0.4, 0.5) is 11.5 Å². The molecule has 1 aromatic heterocycles. The molecule has 126 valence electrons. The number of hydrogen-bond donors (Lipinski definition) is 1. The summed E-state index contributed by atoms with van der Waals surface area (Å²) in [4.78, 5) is 18.5. The van der Waals surface area contributed by atoms with Gasteiger partial charge in [0.1, 0.15) is 23.0 Å². The quantitative estimate of drug-likeness (QED) is 0.760. The van der Waals surface area contributed by atoms with Crippen molar-refractivity contribution in [2.45, 2.75) is 0 Å². The monoisotopic (exact) mass is 333 g/mol. The second-order valence-corrected chi connectivity index (χ2v) is 5.67. The van der Waals surface area contributed by atoms with Crippen molar-refractivity contribution in [1.82, 2.24) is 4.98 Å². The fraction of sp³-hybridized carbons (Fsp3) is 0.100. The van der Waals surface area contributed by atoms with E-state index in [1.165, 1.54) is 0 Å². The van der Waals surface area contributed by atoms with Gasteiger partial charge in [0.2, 0.25) is 0 Å². The zero-order valence-electron chi connectivity index (χ0n) is 14.1. The number of benzene rings is 2. The van der Waals surface area contributed by atoms with Gasteiger partial charge in [-0.2, -0.15) is 0 Å². The summed E-state index contributed by atoms with van der Waals surface area (Å²) in [5, 5.41) is 2.84. The minimum atomic E-state index is -0.250. The highest BCUT2D eigenvalue weighted by molar-refractivity contribution is 6.03. The third kappa shape index (κ3) is 4.35. The van der Waals surface area contributed by atoms with E-state index < -0.39 is 0 Å². The molecule has 0 saturated carbocycles. The minimum absolute atomic E-state index is 0.250. The van der Waals surface area contributed by atoms with Crippen LogP contribution in [0.3, 0.4) is 0 Å². The average molecular weight is 333 g/mol. The van der Waals surface area contributed by atoms with Crippen LogP contribution >= 0.6 is 0 Å². The Labute approximate surface area is 146 Å². The van der Waals surface area contributed by atoms with Crippen LogP contribution in [0.5, 0.6) is 11.5 Å². The number of carbonyl (C=O) groups is 1. The summed E-state index contributed by atoms with van der Waals surface area (Å²) in [6.45, 7) is 0. The molecule has 0 atom stereocenters. The Kier molecular flexibility index (Phi) is 4.95. The molecule has 3 aromatic rings. The molecular weight excluding hydrogens is 314 g/mol. The largest absolute Gasteiger partial charge is 0.457 e. The molecule has 25 heavy (non-hydrogen) atoms. The van der Waals surface area contributed by atoms with Crippen LogP contribution in [0.2, 0.25) is 0 Å². The number of nitrogens with one attached hydrogen (secondary N) is 1. The van der Waals surface area contributed by atoms with Gasteiger partial charge < -0.3 is 15.0 Å². The van der Waals surface area contributed by atoms with E-state index in [2.05, 4.69) is 10.3 Å². The topological polar surface area (TPSA) is 54.5 Å². The first kappa shape index (κ1) is 16.5. The fourth-order valence-corrected chi connectivity index (χ4v) is 2.22. The van der Waals surface area contributed by atoms with E-state index in [9.17, 15) is 4.79 Å². The van der Waals surface area contributed by atoms with E-state index in [1.807, 2.05) is 73.6 Å². The first-order valence-electron chi connectivity index (χ1n) is 7.90. The Morgan fingerprint density at radius 3 is 2.24 bits per heavy atom. The Hall–Kier alpha value is -3.34. The third-order valence-corrected chi connectivity index (χ3v) is 3.52. The molecule has 5 heteroatoms. The first-order chi connectivity index (χ1) is 12.1. The third-order valence-electron chi connectivity index (χ3n) is 3.52. The van der Waals surface area contributed by atoms with Crippen LogP contribution in [0.15, 0.2) is 72.8 Å². The van der Waals surface area contributed by atoms with Crippen LogP contribution in [0, 0.1) is 0 Å². The van der Waals surface area contributed by atoms with E-state index in [1.54, 1.807) is 18.2 Å². The molecule has 1 amide bonds. The molecule has 0 aliphatic heterocycles. The average Bonchev–Trinajstić information content (AvgIpc) is 2.64. The zero-order chi connectivity index (χ0) is 17.6. The number of para-hydroxylation sites is 1. The predicted octanol–water partition coefficient (Wildman–Crippen LogP) is 4.19. The molecule has 0 aliphatic carbocycles. The van der Waals surface area contributed by atoms with Crippen molar-refractivity contribution in [2.24, 2.45) is 0 Å². The number of rotatable bonds is 5. The van der Waals surface area contributed by atoms with Gasteiger partial charge in [0, 0.05) is 19.8 Å². The molecule has 0 saturated heterocycles. The molecule has 5 nitrogen and oxygen atoms in total. The van der Waals surface area contributed by atoms with Gasteiger partial charge in [-0.15, -0.1) is 0 Å². The van der Waals surface area contributed by atoms with Gasteiger partial charge in [0.25, 0.3) is 5.91 Å². The lowest BCUT2D eigenvalue weighted by Gasteiger charge is -2.12. The smallest absolute Gasteiger partial charge is 0.274 e. The van der Waals surface area contributed by atoms with Crippen molar-refractivity contribution in [3.05, 3.63) is 78.5 Å². The lowest BCUT2D eigenvalue weighted by Crippen LogP contribution is -2.17. The number of aromatic nitrogens is 1. The highest BCUT2D eigenvalue weighted by Crippen LogP contribution is 2.22. The normalized spacial score (nSPS) is 10.2. The number of anilines is 2. The second-order valence-electron chi connectivity index (χ2n) is 5.67. The van der Waals surface area contributed by atoms with Gasteiger partial charge in [-0.25, -0.2) is 4.98 Å². The summed E-state index contributed by atoms with van der Waals surface area (Å²) < 4.78 is 5.73. The molecule has 1 N–H and O–H groups in total. The van der Waals surface area contributed by atoms with E-state index in [-0.39, 0.29) is 5.91 Å². The molecule has 3 rings (SSSR count). The maximum atomic E-state index is 12.3. The SMILES string of the molecule is CN(C)c1cccc(C(=O)Nc2ccc(Oc3ccccc3)cc2)n1. The highest BCUT2D eigenvalue weighted by Gasteiger charge is 2.09. The van der Waals surface area contributed by atoms with Crippen molar-refractivity contribution >= 4 is 17.4 Å². The van der Waals surface area contributed by atoms with Crippen molar-refractivity contribution in [2.75, 3.05) is 24.3 Å². The number of amides is 1. The fourth-order valence-electron chi connectivity index (χ4n) is 2.22. The van der Waals surface area contributed by atoms with Gasteiger partial charge in [0.15, 0.2) is 0 Å². The van der Waals surface area contributed by atoms with Gasteiger partial charge in [-0.05, 0) is 48.5 Å². The van der Waals surface area contributed by atoms with E-state index >= 15 is 0 Å². The van der Waals surface area contributed by atoms with Gasteiger partial charge in [-0.1, -0.05) is 24.3 Å². The lowest BCUT2D eigenvalue weighted by atomic mass is 10.2. The van der Waals surface area contributed by atoms with Crippen LogP contribution in [-0.2, 0) is 0 Å². The minimum Gasteiger partial charge on any atom is -0.457 e. The van der Waals surface area contributed by atoms with E-state index in [0.29, 0.717) is 17.1 Å². The van der Waals surface area contributed by atoms with E-state index in [0.717, 1.165) is 11.6 Å². The van der Waals surface area contributed by atoms with Crippen molar-refractivity contribution in [3.8, 4) is 11.5 Å². The van der Waals surface area contributed by atoms with Gasteiger partial charge in [-0.3, -0.25) is 4.79 Å². The number of nitrogens with zero attached hydrogens (tertiary/aromatic N) is 2. The molecule has 0 radical (unpaired) electrons. The van der Waals surface area contributed by atoms with Crippen LogP contribution in [-0.4, -0.2) is 25.0 Å². The molecule has 0 spiro atoms. The summed E-state index contributed by atoms with van der Waals surface area (Å²) >= 11 is 0. The molecule has 0 fully saturated rings. The molecule has 0 unspecified atom stereocenters. The standard InChI is InChI=1S/C20H19N3O2/c1-23(2)19-10-6-9-18(22-19)20(24)21-15-11-13-17(14-12-15)25-16-7-4-3-5-8-16/h3-14H,1-2H3,(H,21,24). The molecule has 1 heterocycles. The maximum absolute atomic E-state index is 12.3. The Balaban J connectivity index is 1.67. The molecule has 0 aliphatic rings. The van der Waals surface area contributed by atoms with Crippen LogP contribution in [0.1, 0.15) is 10.5 Å². The van der Waals surface area contributed by atoms with Crippen molar-refractivity contribution in [1.29, 1.82) is 0 Å². The second kappa shape index (κ2) is 7.49. The highest BCUT2D eigenvalue weighted by atomic mass is 16.5. The Morgan fingerprint density at radius 2 is 1.56 bits per heavy atom. The lowest BCUT2D eigenvalue weighted by molar-refractivity contribution is 0.102. The summed E-state index contributed by atoms with van der Waals surface area (Å²) in [7, 11) is 3.77. The molecular formula is C20H19N3O2. The van der Waals surface area contributed by atoms with Gasteiger partial charge in [0.05, 0.1) is 0 Å².